The molecule has 0 radical (unpaired) electrons. The third-order valence-electron chi connectivity index (χ3n) is 6.62. The molecule has 0 spiro atoms. The number of nitrogens with zero attached hydrogens (tertiary/aromatic N) is 1. The molecule has 39 heavy (non-hydrogen) atoms. The average molecular weight is 560 g/mol. The maximum absolute atomic E-state index is 13.7. The van der Waals surface area contributed by atoms with Crippen molar-refractivity contribution in [1.82, 2.24) is 10.0 Å². The number of amides is 1. The van der Waals surface area contributed by atoms with E-state index in [9.17, 15) is 9.59 Å². The van der Waals surface area contributed by atoms with Gasteiger partial charge in [-0.3, -0.25) is 14.8 Å². The summed E-state index contributed by atoms with van der Waals surface area (Å²) in [6.07, 6.45) is 1.85. The van der Waals surface area contributed by atoms with E-state index in [1.165, 1.54) is 11.3 Å². The number of unbranched alkanes of at least 4 members (excludes halogenated alkanes) is 1. The first kappa shape index (κ1) is 28.3. The number of ketones is 1. The van der Waals surface area contributed by atoms with Gasteiger partial charge >= 0.3 is 0 Å². The zero-order chi connectivity index (χ0) is 26.5. The summed E-state index contributed by atoms with van der Waals surface area (Å²) in [6, 6.07) is 29.7. The Labute approximate surface area is 237 Å². The molecule has 2 aromatic heterocycles. The lowest BCUT2D eigenvalue weighted by molar-refractivity contribution is -0.128. The summed E-state index contributed by atoms with van der Waals surface area (Å²) < 4.78 is 2.28. The number of fused-ring (bicyclic) bond motifs is 1. The minimum absolute atomic E-state index is 0. The van der Waals surface area contributed by atoms with Crippen molar-refractivity contribution >= 4 is 46.3 Å². The second-order valence-corrected chi connectivity index (χ2v) is 10.2. The lowest BCUT2D eigenvalue weighted by atomic mass is 10.0. The highest BCUT2D eigenvalue weighted by molar-refractivity contribution is 7.17. The van der Waals surface area contributed by atoms with Crippen LogP contribution in [-0.4, -0.2) is 28.0 Å². The molecule has 4 N–H and O–H groups in total. The van der Waals surface area contributed by atoms with E-state index in [-0.39, 0.29) is 24.6 Å². The molecule has 0 atom stereocenters. The fourth-order valence-corrected chi connectivity index (χ4v) is 5.91. The molecular formula is C31H30ClN3O3S. The first-order valence-corrected chi connectivity index (χ1v) is 13.4. The second-order valence-electron chi connectivity index (χ2n) is 9.19. The molecule has 1 amide bonds. The number of hydroxylamine groups is 1. The zero-order valence-electron chi connectivity index (χ0n) is 21.3. The molecule has 6 nitrogen and oxygen atoms in total. The van der Waals surface area contributed by atoms with E-state index in [0.29, 0.717) is 22.5 Å². The Morgan fingerprint density at radius 2 is 1.56 bits per heavy atom. The molecule has 0 aliphatic carbocycles. The quantitative estimate of drug-likeness (QED) is 0.0789. The molecule has 0 saturated carbocycles. The van der Waals surface area contributed by atoms with Crippen molar-refractivity contribution in [1.29, 1.82) is 0 Å². The zero-order valence-corrected chi connectivity index (χ0v) is 22.9. The molecule has 8 heteroatoms. The molecular weight excluding hydrogens is 530 g/mol. The molecule has 2 heterocycles. The van der Waals surface area contributed by atoms with Crippen molar-refractivity contribution < 1.29 is 14.8 Å². The van der Waals surface area contributed by atoms with Crippen molar-refractivity contribution in [2.75, 3.05) is 6.54 Å². The topological polar surface area (TPSA) is 97.4 Å². The number of nitrogens with one attached hydrogen (secondary N) is 1. The van der Waals surface area contributed by atoms with E-state index >= 15 is 0 Å². The summed E-state index contributed by atoms with van der Waals surface area (Å²) in [7, 11) is 0. The monoisotopic (exact) mass is 559 g/mol. The van der Waals surface area contributed by atoms with Gasteiger partial charge < -0.3 is 10.3 Å². The van der Waals surface area contributed by atoms with Gasteiger partial charge in [-0.15, -0.1) is 23.7 Å². The average Bonchev–Trinajstić information content (AvgIpc) is 3.55. The van der Waals surface area contributed by atoms with Crippen molar-refractivity contribution in [3.63, 3.8) is 0 Å². The molecule has 0 aliphatic rings. The van der Waals surface area contributed by atoms with Crippen molar-refractivity contribution in [2.45, 2.75) is 25.8 Å². The van der Waals surface area contributed by atoms with E-state index < -0.39 is 5.91 Å². The van der Waals surface area contributed by atoms with Crippen LogP contribution in [0.2, 0.25) is 0 Å². The molecule has 3 aromatic carbocycles. The molecule has 0 fully saturated rings. The summed E-state index contributed by atoms with van der Waals surface area (Å²) >= 11 is 1.36. The van der Waals surface area contributed by atoms with Crippen molar-refractivity contribution in [3.8, 4) is 21.7 Å². The van der Waals surface area contributed by atoms with Gasteiger partial charge in [-0.2, -0.15) is 0 Å². The summed E-state index contributed by atoms with van der Waals surface area (Å²) in [4.78, 5) is 27.1. The number of aryl methyl sites for hydroxylation is 1. The highest BCUT2D eigenvalue weighted by atomic mass is 35.5. The standard InChI is InChI=1S/C31H29N3O3S.ClH/c32-15-7-8-16-34-26(21-9-3-1-4-10-21)17-23-13-14-24(18-27(23)34)30(36)28-19-25(20-29(35)33-37)31(38-28)22-11-5-2-6-12-22;/h1-6,9-14,17-19,37H,7-8,15-16,20,32H2,(H,33,35);1H. The Balaban J connectivity index is 0.00000353. The Morgan fingerprint density at radius 1 is 0.872 bits per heavy atom. The maximum Gasteiger partial charge on any atom is 0.247 e. The van der Waals surface area contributed by atoms with Crippen LogP contribution in [0, 0.1) is 0 Å². The van der Waals surface area contributed by atoms with Crippen LogP contribution < -0.4 is 11.2 Å². The highest BCUT2D eigenvalue weighted by Crippen LogP contribution is 2.35. The van der Waals surface area contributed by atoms with E-state index in [4.69, 9.17) is 10.9 Å². The van der Waals surface area contributed by atoms with E-state index in [2.05, 4.69) is 22.8 Å². The number of aromatic nitrogens is 1. The van der Waals surface area contributed by atoms with Crippen LogP contribution in [0.15, 0.2) is 91.0 Å². The lowest BCUT2D eigenvalue weighted by Crippen LogP contribution is -2.20. The number of benzene rings is 3. The number of hydrogen-bond donors (Lipinski definition) is 3. The van der Waals surface area contributed by atoms with Gasteiger partial charge in [0.05, 0.1) is 11.3 Å². The molecule has 5 rings (SSSR count). The SMILES string of the molecule is Cl.NCCCCn1c(-c2ccccc2)cc2ccc(C(=O)c3cc(CC(=O)NO)c(-c4ccccc4)s3)cc21. The smallest absolute Gasteiger partial charge is 0.247 e. The molecule has 0 aliphatic heterocycles. The minimum atomic E-state index is -0.524. The largest absolute Gasteiger partial charge is 0.340 e. The minimum Gasteiger partial charge on any atom is -0.340 e. The fourth-order valence-electron chi connectivity index (χ4n) is 4.76. The Morgan fingerprint density at radius 3 is 2.23 bits per heavy atom. The van der Waals surface area contributed by atoms with Gasteiger partial charge in [0, 0.05) is 33.6 Å². The summed E-state index contributed by atoms with van der Waals surface area (Å²) in [6.45, 7) is 1.45. The highest BCUT2D eigenvalue weighted by Gasteiger charge is 2.20. The second kappa shape index (κ2) is 12.9. The van der Waals surface area contributed by atoms with Crippen molar-refractivity contribution in [2.24, 2.45) is 5.73 Å². The molecule has 5 aromatic rings. The molecule has 0 unspecified atom stereocenters. The van der Waals surface area contributed by atoms with Crippen LogP contribution >= 0.6 is 23.7 Å². The first-order chi connectivity index (χ1) is 18.6. The third kappa shape index (κ3) is 6.13. The lowest BCUT2D eigenvalue weighted by Gasteiger charge is -2.11. The number of carbonyl (C=O) groups is 2. The van der Waals surface area contributed by atoms with Gasteiger partial charge in [-0.05, 0) is 54.3 Å². The van der Waals surface area contributed by atoms with Crippen LogP contribution in [0.1, 0.15) is 33.6 Å². The van der Waals surface area contributed by atoms with Crippen LogP contribution in [-0.2, 0) is 17.8 Å². The van der Waals surface area contributed by atoms with Crippen LogP contribution in [0.3, 0.4) is 0 Å². The Bertz CT molecular complexity index is 1580. The summed E-state index contributed by atoms with van der Waals surface area (Å²) in [5, 5.41) is 10.1. The van der Waals surface area contributed by atoms with Crippen LogP contribution in [0.5, 0.6) is 0 Å². The Kier molecular flexibility index (Phi) is 9.32. The normalized spacial score (nSPS) is 10.8. The van der Waals surface area contributed by atoms with Crippen molar-refractivity contribution in [3.05, 3.63) is 107 Å². The number of hydrogen-bond acceptors (Lipinski definition) is 5. The van der Waals surface area contributed by atoms with Crippen LogP contribution in [0.25, 0.3) is 32.6 Å². The van der Waals surface area contributed by atoms with Gasteiger partial charge in [-0.25, -0.2) is 5.48 Å². The van der Waals surface area contributed by atoms with Gasteiger partial charge in [0.25, 0.3) is 0 Å². The van der Waals surface area contributed by atoms with E-state index in [1.54, 1.807) is 11.5 Å². The van der Waals surface area contributed by atoms with Gasteiger partial charge in [0.2, 0.25) is 11.7 Å². The van der Waals surface area contributed by atoms with Gasteiger partial charge in [-0.1, -0.05) is 72.8 Å². The number of nitrogens with two attached hydrogens (primary N) is 1. The molecule has 0 bridgehead atoms. The van der Waals surface area contributed by atoms with Gasteiger partial charge in [0.1, 0.15) is 0 Å². The fraction of sp³-hybridized carbons (Fsp3) is 0.161. The summed E-state index contributed by atoms with van der Waals surface area (Å²) in [5.41, 5.74) is 12.9. The number of halogens is 1. The van der Waals surface area contributed by atoms with Crippen LogP contribution in [0.4, 0.5) is 0 Å². The predicted molar refractivity (Wildman–Crippen MR) is 160 cm³/mol. The number of rotatable bonds is 10. The number of thiophene rings is 1. The summed E-state index contributed by atoms with van der Waals surface area (Å²) in [5.74, 6) is -0.621. The van der Waals surface area contributed by atoms with Gasteiger partial charge in [0.15, 0.2) is 0 Å². The Hall–Kier alpha value is -3.75. The molecule has 0 saturated heterocycles. The van der Waals surface area contributed by atoms with E-state index in [1.807, 2.05) is 66.7 Å². The number of carbonyl (C=O) groups excluding carboxylic acids is 2. The first-order valence-electron chi connectivity index (χ1n) is 12.6. The predicted octanol–water partition coefficient (Wildman–Crippen LogP) is 6.48. The maximum atomic E-state index is 13.7. The van der Waals surface area contributed by atoms with E-state index in [0.717, 1.165) is 52.0 Å². The third-order valence-corrected chi connectivity index (χ3v) is 7.84. The molecule has 200 valence electrons.